The number of thiazole rings is 1. The van der Waals surface area contributed by atoms with Gasteiger partial charge in [-0.25, -0.2) is 4.68 Å². The Morgan fingerprint density at radius 1 is 1.00 bits per heavy atom. The van der Waals surface area contributed by atoms with E-state index in [0.717, 1.165) is 22.5 Å². The lowest BCUT2D eigenvalue weighted by atomic mass is 9.91. The second-order valence-corrected chi connectivity index (χ2v) is 9.71. The van der Waals surface area contributed by atoms with E-state index < -0.39 is 5.41 Å². The van der Waals surface area contributed by atoms with Crippen molar-refractivity contribution in [3.63, 3.8) is 0 Å². The van der Waals surface area contributed by atoms with Gasteiger partial charge in [-0.3, -0.25) is 9.59 Å². The fourth-order valence-corrected chi connectivity index (χ4v) is 4.23. The van der Waals surface area contributed by atoms with E-state index in [2.05, 4.69) is 0 Å². The van der Waals surface area contributed by atoms with Gasteiger partial charge in [-0.15, -0.1) is 11.3 Å². The first kappa shape index (κ1) is 21.7. The Bertz CT molecular complexity index is 1440. The van der Waals surface area contributed by atoms with Crippen molar-refractivity contribution in [2.75, 3.05) is 0 Å². The molecule has 162 valence electrons. The third-order valence-electron chi connectivity index (χ3n) is 5.15. The molecular weight excluding hydrogens is 418 g/mol. The average Bonchev–Trinajstić information content (AvgIpc) is 3.31. The van der Waals surface area contributed by atoms with Crippen LogP contribution in [-0.2, 0) is 11.8 Å². The molecule has 0 atom stereocenters. The van der Waals surface area contributed by atoms with Crippen molar-refractivity contribution in [2.45, 2.75) is 20.8 Å². The summed E-state index contributed by atoms with van der Waals surface area (Å²) in [4.78, 5) is 25.4. The van der Waals surface area contributed by atoms with Gasteiger partial charge in [-0.05, 0) is 18.2 Å². The van der Waals surface area contributed by atoms with Gasteiger partial charge >= 0.3 is 0 Å². The van der Waals surface area contributed by atoms with Crippen molar-refractivity contribution in [3.05, 3.63) is 92.0 Å². The van der Waals surface area contributed by atoms with Crippen LogP contribution in [0.4, 0.5) is 0 Å². The summed E-state index contributed by atoms with van der Waals surface area (Å²) in [5, 5.41) is 4.81. The Morgan fingerprint density at radius 3 is 2.25 bits per heavy atom. The van der Waals surface area contributed by atoms with Crippen LogP contribution in [0.3, 0.4) is 0 Å². The fourth-order valence-electron chi connectivity index (χ4n) is 3.20. The number of aromatic nitrogens is 3. The highest BCUT2D eigenvalue weighted by Crippen LogP contribution is 2.24. The summed E-state index contributed by atoms with van der Waals surface area (Å²) in [5.41, 5.74) is 2.91. The molecule has 2 aromatic heterocycles. The highest BCUT2D eigenvalue weighted by molar-refractivity contribution is 7.07. The molecule has 0 spiro atoms. The molecule has 0 aliphatic rings. The number of hydrogen-bond acceptors (Lipinski definition) is 4. The Kier molecular flexibility index (Phi) is 5.80. The minimum atomic E-state index is -0.499. The van der Waals surface area contributed by atoms with Crippen LogP contribution >= 0.6 is 11.3 Å². The average molecular weight is 444 g/mol. The van der Waals surface area contributed by atoms with E-state index >= 15 is 0 Å². The van der Waals surface area contributed by atoms with Gasteiger partial charge in [0.2, 0.25) is 0 Å². The third kappa shape index (κ3) is 4.41. The predicted molar refractivity (Wildman–Crippen MR) is 130 cm³/mol. The van der Waals surface area contributed by atoms with Crippen molar-refractivity contribution in [1.29, 1.82) is 0 Å². The molecule has 0 saturated carbocycles. The maximum atomic E-state index is 12.9. The largest absolute Gasteiger partial charge is 0.302 e. The van der Waals surface area contributed by atoms with Crippen LogP contribution in [0.15, 0.2) is 71.7 Å². The Morgan fingerprint density at radius 2 is 1.62 bits per heavy atom. The van der Waals surface area contributed by atoms with Crippen LogP contribution < -0.4 is 14.8 Å². The molecular formula is C26H25N3O2S. The first-order valence-electron chi connectivity index (χ1n) is 10.4. The van der Waals surface area contributed by atoms with Crippen LogP contribution in [0.1, 0.15) is 26.3 Å². The van der Waals surface area contributed by atoms with Crippen molar-refractivity contribution in [2.24, 2.45) is 12.5 Å². The summed E-state index contributed by atoms with van der Waals surface area (Å²) in [6.45, 7) is 5.61. The summed E-state index contributed by atoms with van der Waals surface area (Å²) >= 11 is 1.32. The van der Waals surface area contributed by atoms with Gasteiger partial charge in [0, 0.05) is 35.9 Å². The monoisotopic (exact) mass is 443 g/mol. The first-order chi connectivity index (χ1) is 15.2. The zero-order chi connectivity index (χ0) is 22.9. The molecule has 32 heavy (non-hydrogen) atoms. The van der Waals surface area contributed by atoms with Gasteiger partial charge in [0.25, 0.3) is 5.56 Å². The van der Waals surface area contributed by atoms with Gasteiger partial charge in [0.1, 0.15) is 4.66 Å². The van der Waals surface area contributed by atoms with E-state index in [4.69, 9.17) is 5.10 Å². The van der Waals surface area contributed by atoms with Gasteiger partial charge in [0.15, 0.2) is 5.78 Å². The van der Waals surface area contributed by atoms with Gasteiger partial charge in [-0.1, -0.05) is 69.3 Å². The highest BCUT2D eigenvalue weighted by Gasteiger charge is 2.19. The number of rotatable bonds is 4. The molecule has 6 heteroatoms. The summed E-state index contributed by atoms with van der Waals surface area (Å²) in [5.74, 6) is -0.0113. The standard InChI is InChI=1S/C26H25N3O2S/c1-26(2,3)22(30)16-23-28(4)25(31)21(32-23)15-19-17-29(20-13-9-6-10-14-20)27-24(19)18-11-7-5-8-12-18/h5-17H,1-4H3. The minimum absolute atomic E-state index is 0.0113. The predicted octanol–water partition coefficient (Wildman–Crippen LogP) is 3.52. The summed E-state index contributed by atoms with van der Waals surface area (Å²) in [7, 11) is 1.70. The number of hydrogen-bond donors (Lipinski definition) is 0. The second-order valence-electron chi connectivity index (χ2n) is 8.65. The molecule has 0 N–H and O–H groups in total. The zero-order valence-electron chi connectivity index (χ0n) is 18.6. The van der Waals surface area contributed by atoms with Gasteiger partial charge in [-0.2, -0.15) is 5.10 Å². The van der Waals surface area contributed by atoms with E-state index in [-0.39, 0.29) is 11.3 Å². The summed E-state index contributed by atoms with van der Waals surface area (Å²) in [6.07, 6.45) is 5.36. The van der Waals surface area contributed by atoms with E-state index in [1.807, 2.05) is 98.4 Å². The lowest BCUT2D eigenvalue weighted by Gasteiger charge is -2.12. The number of benzene rings is 2. The van der Waals surface area contributed by atoms with Gasteiger partial charge < -0.3 is 4.57 Å². The Hall–Kier alpha value is -3.51. The number of carbonyl (C=O) groups excluding carboxylic acids is 1. The first-order valence-corrected chi connectivity index (χ1v) is 11.2. The zero-order valence-corrected chi connectivity index (χ0v) is 19.4. The molecule has 2 aromatic carbocycles. The fraction of sp³-hybridized carbons (Fsp3) is 0.192. The molecule has 0 unspecified atom stereocenters. The quantitative estimate of drug-likeness (QED) is 0.485. The maximum Gasteiger partial charge on any atom is 0.268 e. The number of ketones is 1. The SMILES string of the molecule is Cn1c(=CC(=O)C(C)(C)C)sc(=Cc2cn(-c3ccccc3)nc2-c2ccccc2)c1=O. The molecule has 0 bridgehead atoms. The molecule has 0 amide bonds. The lowest BCUT2D eigenvalue weighted by molar-refractivity contribution is -0.120. The van der Waals surface area contributed by atoms with Crippen molar-refractivity contribution in [3.8, 4) is 16.9 Å². The molecule has 4 rings (SSSR count). The van der Waals surface area contributed by atoms with Gasteiger partial charge in [0.05, 0.1) is 15.9 Å². The normalized spacial score (nSPS) is 13.0. The minimum Gasteiger partial charge on any atom is -0.302 e. The number of carbonyl (C=O) groups is 1. The van der Waals surface area contributed by atoms with E-state index in [1.165, 1.54) is 15.9 Å². The molecule has 2 heterocycles. The molecule has 0 radical (unpaired) electrons. The van der Waals surface area contributed by atoms with Crippen LogP contribution in [0.25, 0.3) is 29.1 Å². The third-order valence-corrected chi connectivity index (χ3v) is 6.26. The van der Waals surface area contributed by atoms with Crippen LogP contribution in [-0.4, -0.2) is 20.1 Å². The smallest absolute Gasteiger partial charge is 0.268 e. The molecule has 0 aliphatic carbocycles. The number of nitrogens with zero attached hydrogens (tertiary/aromatic N) is 3. The molecule has 0 aliphatic heterocycles. The topological polar surface area (TPSA) is 56.9 Å². The second kappa shape index (κ2) is 8.55. The van der Waals surface area contributed by atoms with Crippen molar-refractivity contribution in [1.82, 2.24) is 14.3 Å². The van der Waals surface area contributed by atoms with Crippen LogP contribution in [0.2, 0.25) is 0 Å². The van der Waals surface area contributed by atoms with Crippen LogP contribution in [0.5, 0.6) is 0 Å². The lowest BCUT2D eigenvalue weighted by Crippen LogP contribution is -2.30. The summed E-state index contributed by atoms with van der Waals surface area (Å²) in [6, 6.07) is 19.8. The Balaban J connectivity index is 1.90. The number of para-hydroxylation sites is 1. The van der Waals surface area contributed by atoms with Crippen LogP contribution in [0, 0.1) is 5.41 Å². The molecule has 5 nitrogen and oxygen atoms in total. The van der Waals surface area contributed by atoms with Crippen molar-refractivity contribution < 1.29 is 4.79 Å². The van der Waals surface area contributed by atoms with E-state index in [9.17, 15) is 9.59 Å². The number of Topliss-reactive ketones (excluding diaryl/α,β-unsaturated/α-hetero) is 1. The Labute approximate surface area is 190 Å². The molecule has 0 saturated heterocycles. The maximum absolute atomic E-state index is 12.9. The van der Waals surface area contributed by atoms with Crippen molar-refractivity contribution >= 4 is 29.3 Å². The summed E-state index contributed by atoms with van der Waals surface area (Å²) < 4.78 is 4.55. The highest BCUT2D eigenvalue weighted by atomic mass is 32.1. The molecule has 0 fully saturated rings. The molecule has 4 aromatic rings. The van der Waals surface area contributed by atoms with E-state index in [0.29, 0.717) is 9.20 Å². The van der Waals surface area contributed by atoms with E-state index in [1.54, 1.807) is 13.1 Å².